The summed E-state index contributed by atoms with van der Waals surface area (Å²) in [5.74, 6) is -0.210. The highest BCUT2D eigenvalue weighted by Crippen LogP contribution is 2.18. The van der Waals surface area contributed by atoms with Crippen molar-refractivity contribution in [3.05, 3.63) is 25.3 Å². The molecule has 0 radical (unpaired) electrons. The maximum absolute atomic E-state index is 12.6. The molecule has 2 atom stereocenters. The molecule has 132 valence electrons. The van der Waals surface area contributed by atoms with Crippen LogP contribution in [0.1, 0.15) is 58.8 Å². The maximum Gasteiger partial charge on any atom is 0.328 e. The molecule has 0 aliphatic carbocycles. The van der Waals surface area contributed by atoms with Gasteiger partial charge in [-0.2, -0.15) is 0 Å². The molecule has 0 heterocycles. The van der Waals surface area contributed by atoms with Crippen LogP contribution in [0, 0.1) is 11.8 Å². The molecule has 0 rings (SSSR count). The largest absolute Gasteiger partial charge is 0.467 e. The Labute approximate surface area is 141 Å². The van der Waals surface area contributed by atoms with E-state index in [-0.39, 0.29) is 17.8 Å². The molecule has 23 heavy (non-hydrogen) atoms. The van der Waals surface area contributed by atoms with Gasteiger partial charge in [-0.1, -0.05) is 32.4 Å². The topological polar surface area (TPSA) is 55.4 Å². The van der Waals surface area contributed by atoms with Crippen LogP contribution in [-0.4, -0.2) is 25.0 Å². The molecular formula is C19H33NO3. The number of allylic oxidation sites excluding steroid dienone is 2. The van der Waals surface area contributed by atoms with Crippen molar-refractivity contribution in [3.63, 3.8) is 0 Å². The third-order valence-corrected chi connectivity index (χ3v) is 3.81. The Kier molecular flexibility index (Phi) is 12.0. The number of amides is 1. The SMILES string of the molecule is C=CCCCCC(CCC=C)C(=O)N[C@@H](CC(C)C)C(=O)OC. The van der Waals surface area contributed by atoms with Crippen LogP contribution in [0.3, 0.4) is 0 Å². The smallest absolute Gasteiger partial charge is 0.328 e. The molecule has 0 spiro atoms. The second-order valence-corrected chi connectivity index (χ2v) is 6.35. The van der Waals surface area contributed by atoms with Crippen molar-refractivity contribution >= 4 is 11.9 Å². The standard InChI is InChI=1S/C19H33NO3/c1-6-8-10-11-13-16(12-9-7-2)18(21)20-17(14-15(3)4)19(22)23-5/h6-7,15-17H,1-2,8-14H2,3-5H3,(H,20,21)/t16?,17-/m0/s1. The van der Waals surface area contributed by atoms with Crippen molar-refractivity contribution in [3.8, 4) is 0 Å². The number of esters is 1. The van der Waals surface area contributed by atoms with Gasteiger partial charge in [-0.3, -0.25) is 4.79 Å². The van der Waals surface area contributed by atoms with E-state index in [2.05, 4.69) is 18.5 Å². The van der Waals surface area contributed by atoms with Crippen molar-refractivity contribution in [1.29, 1.82) is 0 Å². The van der Waals surface area contributed by atoms with Gasteiger partial charge in [-0.05, 0) is 44.4 Å². The number of carbonyl (C=O) groups is 2. The number of methoxy groups -OCH3 is 1. The van der Waals surface area contributed by atoms with Crippen molar-refractivity contribution < 1.29 is 14.3 Å². The average molecular weight is 323 g/mol. The quantitative estimate of drug-likeness (QED) is 0.316. The van der Waals surface area contributed by atoms with Crippen LogP contribution in [0.15, 0.2) is 25.3 Å². The molecule has 1 amide bonds. The summed E-state index contributed by atoms with van der Waals surface area (Å²) in [5.41, 5.74) is 0. The van der Waals surface area contributed by atoms with Crippen molar-refractivity contribution in [2.45, 2.75) is 64.8 Å². The van der Waals surface area contributed by atoms with Gasteiger partial charge in [0.15, 0.2) is 0 Å². The van der Waals surface area contributed by atoms with E-state index in [0.717, 1.165) is 38.5 Å². The highest BCUT2D eigenvalue weighted by molar-refractivity contribution is 5.85. The Hall–Kier alpha value is -1.58. The Balaban J connectivity index is 4.70. The minimum absolute atomic E-state index is 0.0542. The number of carbonyl (C=O) groups excluding carboxylic acids is 2. The van der Waals surface area contributed by atoms with E-state index in [0.29, 0.717) is 12.3 Å². The van der Waals surface area contributed by atoms with E-state index >= 15 is 0 Å². The van der Waals surface area contributed by atoms with Crippen LogP contribution in [-0.2, 0) is 14.3 Å². The first kappa shape index (κ1) is 21.4. The predicted molar refractivity (Wildman–Crippen MR) is 95.0 cm³/mol. The molecule has 0 aliphatic heterocycles. The summed E-state index contributed by atoms with van der Waals surface area (Å²) >= 11 is 0. The van der Waals surface area contributed by atoms with Crippen molar-refractivity contribution in [2.75, 3.05) is 7.11 Å². The van der Waals surface area contributed by atoms with E-state index in [9.17, 15) is 9.59 Å². The summed E-state index contributed by atoms with van der Waals surface area (Å²) in [6.07, 6.45) is 9.68. The number of hydrogen-bond acceptors (Lipinski definition) is 3. The summed E-state index contributed by atoms with van der Waals surface area (Å²) < 4.78 is 4.81. The number of nitrogens with one attached hydrogen (secondary N) is 1. The molecule has 4 nitrogen and oxygen atoms in total. The summed E-state index contributed by atoms with van der Waals surface area (Å²) in [4.78, 5) is 24.4. The summed E-state index contributed by atoms with van der Waals surface area (Å²) in [7, 11) is 1.35. The molecule has 1 unspecified atom stereocenters. The molecule has 1 N–H and O–H groups in total. The normalized spacial score (nSPS) is 13.2. The molecule has 0 aromatic rings. The van der Waals surface area contributed by atoms with Gasteiger partial charge in [-0.15, -0.1) is 13.2 Å². The lowest BCUT2D eigenvalue weighted by Gasteiger charge is -2.22. The average Bonchev–Trinajstić information content (AvgIpc) is 2.52. The molecule has 0 aromatic heterocycles. The molecule has 0 saturated heterocycles. The maximum atomic E-state index is 12.6. The van der Waals surface area contributed by atoms with Crippen LogP contribution in [0.2, 0.25) is 0 Å². The van der Waals surface area contributed by atoms with Gasteiger partial charge < -0.3 is 10.1 Å². The number of ether oxygens (including phenoxy) is 1. The Morgan fingerprint density at radius 3 is 2.26 bits per heavy atom. The molecule has 0 bridgehead atoms. The zero-order chi connectivity index (χ0) is 17.7. The number of unbranched alkanes of at least 4 members (excludes halogenated alkanes) is 2. The van der Waals surface area contributed by atoms with Gasteiger partial charge in [0.1, 0.15) is 6.04 Å². The molecule has 0 aromatic carbocycles. The third-order valence-electron chi connectivity index (χ3n) is 3.81. The predicted octanol–water partition coefficient (Wildman–Crippen LogP) is 4.02. The Morgan fingerprint density at radius 2 is 1.74 bits per heavy atom. The van der Waals surface area contributed by atoms with E-state index < -0.39 is 6.04 Å². The zero-order valence-corrected chi connectivity index (χ0v) is 15.0. The van der Waals surface area contributed by atoms with Crippen LogP contribution < -0.4 is 5.32 Å². The van der Waals surface area contributed by atoms with Crippen molar-refractivity contribution in [2.24, 2.45) is 11.8 Å². The van der Waals surface area contributed by atoms with Gasteiger partial charge in [0, 0.05) is 5.92 Å². The first-order valence-electron chi connectivity index (χ1n) is 8.56. The Bertz CT molecular complexity index is 377. The van der Waals surface area contributed by atoms with Crippen LogP contribution in [0.5, 0.6) is 0 Å². The van der Waals surface area contributed by atoms with Gasteiger partial charge >= 0.3 is 5.97 Å². The van der Waals surface area contributed by atoms with Crippen LogP contribution >= 0.6 is 0 Å². The fourth-order valence-corrected chi connectivity index (χ4v) is 2.52. The minimum atomic E-state index is -0.563. The highest BCUT2D eigenvalue weighted by Gasteiger charge is 2.26. The monoisotopic (exact) mass is 323 g/mol. The van der Waals surface area contributed by atoms with E-state index in [4.69, 9.17) is 4.74 Å². The van der Waals surface area contributed by atoms with Gasteiger partial charge in [0.2, 0.25) is 5.91 Å². The lowest BCUT2D eigenvalue weighted by atomic mass is 9.94. The minimum Gasteiger partial charge on any atom is -0.467 e. The highest BCUT2D eigenvalue weighted by atomic mass is 16.5. The van der Waals surface area contributed by atoms with Gasteiger partial charge in [0.25, 0.3) is 0 Å². The fourth-order valence-electron chi connectivity index (χ4n) is 2.52. The second kappa shape index (κ2) is 12.9. The Morgan fingerprint density at radius 1 is 1.09 bits per heavy atom. The van der Waals surface area contributed by atoms with Gasteiger partial charge in [-0.25, -0.2) is 4.79 Å². The molecule has 0 fully saturated rings. The molecule has 0 aliphatic rings. The number of rotatable bonds is 13. The lowest BCUT2D eigenvalue weighted by molar-refractivity contribution is -0.146. The summed E-state index contributed by atoms with van der Waals surface area (Å²) in [5, 5.41) is 2.88. The third kappa shape index (κ3) is 9.93. The van der Waals surface area contributed by atoms with Gasteiger partial charge in [0.05, 0.1) is 7.11 Å². The lowest BCUT2D eigenvalue weighted by Crippen LogP contribution is -2.45. The van der Waals surface area contributed by atoms with E-state index in [1.807, 2.05) is 26.0 Å². The molecule has 4 heteroatoms. The van der Waals surface area contributed by atoms with Crippen LogP contribution in [0.4, 0.5) is 0 Å². The first-order valence-corrected chi connectivity index (χ1v) is 8.56. The second-order valence-electron chi connectivity index (χ2n) is 6.35. The molecular weight excluding hydrogens is 290 g/mol. The zero-order valence-electron chi connectivity index (χ0n) is 15.0. The van der Waals surface area contributed by atoms with E-state index in [1.165, 1.54) is 7.11 Å². The van der Waals surface area contributed by atoms with Crippen molar-refractivity contribution in [1.82, 2.24) is 5.32 Å². The van der Waals surface area contributed by atoms with Crippen LogP contribution in [0.25, 0.3) is 0 Å². The molecule has 0 saturated carbocycles. The van der Waals surface area contributed by atoms with E-state index in [1.54, 1.807) is 0 Å². The summed E-state index contributed by atoms with van der Waals surface area (Å²) in [6, 6.07) is -0.563. The summed E-state index contributed by atoms with van der Waals surface area (Å²) in [6.45, 7) is 11.5. The first-order chi connectivity index (χ1) is 11.0. The number of hydrogen-bond donors (Lipinski definition) is 1. The fraction of sp³-hybridized carbons (Fsp3) is 0.684.